The molecule has 0 saturated carbocycles. The highest BCUT2D eigenvalue weighted by Gasteiger charge is 2.16. The molecule has 0 N–H and O–H groups in total. The molecule has 0 fully saturated rings. The Morgan fingerprint density at radius 1 is 1.42 bits per heavy atom. The maximum Gasteiger partial charge on any atom is 0.164 e. The highest BCUT2D eigenvalue weighted by molar-refractivity contribution is 5.98. The van der Waals surface area contributed by atoms with Crippen LogP contribution in [0.25, 0.3) is 0 Å². The van der Waals surface area contributed by atoms with Crippen molar-refractivity contribution in [1.29, 1.82) is 0 Å². The van der Waals surface area contributed by atoms with Crippen LogP contribution < -0.4 is 0 Å². The van der Waals surface area contributed by atoms with Crippen molar-refractivity contribution in [2.24, 2.45) is 0 Å². The normalized spacial score (nSPS) is 15.9. The van der Waals surface area contributed by atoms with Crippen LogP contribution in [0.3, 0.4) is 0 Å². The van der Waals surface area contributed by atoms with Crippen molar-refractivity contribution in [3.63, 3.8) is 0 Å². The highest BCUT2D eigenvalue weighted by Crippen LogP contribution is 2.20. The number of ketones is 1. The second-order valence-corrected chi connectivity index (χ2v) is 3.26. The Balaban J connectivity index is 2.53. The number of hydrogen-bond donors (Lipinski definition) is 0. The highest BCUT2D eigenvalue weighted by atomic mass is 16.1. The first kappa shape index (κ1) is 7.47. The number of aryl methyl sites for hydroxylation is 2. The molecule has 1 aromatic heterocycles. The minimum Gasteiger partial charge on any atom is -0.294 e. The van der Waals surface area contributed by atoms with E-state index in [0.717, 1.165) is 24.1 Å². The van der Waals surface area contributed by atoms with E-state index >= 15 is 0 Å². The van der Waals surface area contributed by atoms with Crippen molar-refractivity contribution in [3.05, 3.63) is 29.1 Å². The minimum atomic E-state index is 0.253. The third kappa shape index (κ3) is 1.13. The lowest BCUT2D eigenvalue weighted by Crippen LogP contribution is -2.11. The van der Waals surface area contributed by atoms with Gasteiger partial charge in [0.15, 0.2) is 5.78 Å². The van der Waals surface area contributed by atoms with Crippen molar-refractivity contribution < 1.29 is 4.79 Å². The van der Waals surface area contributed by atoms with Crippen molar-refractivity contribution >= 4 is 5.78 Å². The smallest absolute Gasteiger partial charge is 0.164 e. The molecule has 1 heterocycles. The largest absolute Gasteiger partial charge is 0.294 e. The number of rotatable bonds is 0. The second kappa shape index (κ2) is 2.70. The van der Waals surface area contributed by atoms with Crippen LogP contribution in [-0.4, -0.2) is 10.8 Å². The maximum absolute atomic E-state index is 11.4. The molecule has 0 bridgehead atoms. The Morgan fingerprint density at radius 3 is 3.08 bits per heavy atom. The fourth-order valence-corrected chi connectivity index (χ4v) is 1.65. The van der Waals surface area contributed by atoms with Gasteiger partial charge in [-0.15, -0.1) is 0 Å². The zero-order chi connectivity index (χ0) is 8.55. The predicted octanol–water partition coefficient (Wildman–Crippen LogP) is 1.91. The molecular formula is C10H11NO. The third-order valence-electron chi connectivity index (χ3n) is 2.28. The summed E-state index contributed by atoms with van der Waals surface area (Å²) in [7, 11) is 0. The van der Waals surface area contributed by atoms with Gasteiger partial charge >= 0.3 is 0 Å². The molecule has 0 amide bonds. The molecule has 0 aliphatic heterocycles. The average Bonchev–Trinajstić information content (AvgIpc) is 2.04. The van der Waals surface area contributed by atoms with Gasteiger partial charge in [-0.1, -0.05) is 0 Å². The van der Waals surface area contributed by atoms with Crippen LogP contribution in [0.5, 0.6) is 0 Å². The molecule has 2 heteroatoms. The fraction of sp³-hybridized carbons (Fsp3) is 0.400. The summed E-state index contributed by atoms with van der Waals surface area (Å²) in [5.74, 6) is 0.253. The molecule has 0 aromatic carbocycles. The molecule has 0 spiro atoms. The van der Waals surface area contributed by atoms with Crippen LogP contribution in [0.1, 0.15) is 34.5 Å². The Hall–Kier alpha value is -1.18. The van der Waals surface area contributed by atoms with Crippen LogP contribution in [0.15, 0.2) is 12.3 Å². The number of carbonyl (C=O) groups is 1. The van der Waals surface area contributed by atoms with Gasteiger partial charge in [0.25, 0.3) is 0 Å². The summed E-state index contributed by atoms with van der Waals surface area (Å²) in [5.41, 5.74) is 3.02. The molecule has 1 aliphatic carbocycles. The Labute approximate surface area is 71.6 Å². The van der Waals surface area contributed by atoms with E-state index in [9.17, 15) is 4.79 Å². The van der Waals surface area contributed by atoms with Crippen molar-refractivity contribution in [3.8, 4) is 0 Å². The summed E-state index contributed by atoms with van der Waals surface area (Å²) in [4.78, 5) is 15.5. The molecule has 12 heavy (non-hydrogen) atoms. The summed E-state index contributed by atoms with van der Waals surface area (Å²) in [6.07, 6.45) is 4.43. The number of hydrogen-bond acceptors (Lipinski definition) is 2. The van der Waals surface area contributed by atoms with E-state index in [1.807, 2.05) is 13.0 Å². The first-order valence-corrected chi connectivity index (χ1v) is 4.26. The van der Waals surface area contributed by atoms with Crippen molar-refractivity contribution in [2.75, 3.05) is 0 Å². The van der Waals surface area contributed by atoms with Crippen LogP contribution in [0.4, 0.5) is 0 Å². The molecule has 2 rings (SSSR count). The average molecular weight is 161 g/mol. The van der Waals surface area contributed by atoms with Gasteiger partial charge in [-0.25, -0.2) is 0 Å². The van der Waals surface area contributed by atoms with E-state index in [2.05, 4.69) is 4.98 Å². The Bertz CT molecular complexity index is 331. The van der Waals surface area contributed by atoms with Gasteiger partial charge in [-0.05, 0) is 31.4 Å². The van der Waals surface area contributed by atoms with Crippen LogP contribution in [-0.2, 0) is 6.42 Å². The predicted molar refractivity (Wildman–Crippen MR) is 46.2 cm³/mol. The van der Waals surface area contributed by atoms with Crippen molar-refractivity contribution in [2.45, 2.75) is 26.2 Å². The summed E-state index contributed by atoms with van der Waals surface area (Å²) in [6.45, 7) is 1.96. The topological polar surface area (TPSA) is 30.0 Å². The first-order valence-electron chi connectivity index (χ1n) is 4.26. The quantitative estimate of drug-likeness (QED) is 0.581. The zero-order valence-electron chi connectivity index (χ0n) is 7.13. The van der Waals surface area contributed by atoms with Crippen LogP contribution in [0.2, 0.25) is 0 Å². The molecule has 0 saturated heterocycles. The van der Waals surface area contributed by atoms with E-state index in [1.165, 1.54) is 5.56 Å². The van der Waals surface area contributed by atoms with E-state index in [-0.39, 0.29) is 5.78 Å². The number of fused-ring (bicyclic) bond motifs is 1. The van der Waals surface area contributed by atoms with E-state index < -0.39 is 0 Å². The van der Waals surface area contributed by atoms with Crippen LogP contribution in [0, 0.1) is 6.92 Å². The lowest BCUT2D eigenvalue weighted by Gasteiger charge is -2.13. The summed E-state index contributed by atoms with van der Waals surface area (Å²) >= 11 is 0. The van der Waals surface area contributed by atoms with Gasteiger partial charge in [0.1, 0.15) is 0 Å². The van der Waals surface area contributed by atoms with Gasteiger partial charge in [0, 0.05) is 23.9 Å². The zero-order valence-corrected chi connectivity index (χ0v) is 7.13. The Morgan fingerprint density at radius 2 is 2.25 bits per heavy atom. The number of aromatic nitrogens is 1. The molecule has 1 aromatic rings. The molecular weight excluding hydrogens is 150 g/mol. The van der Waals surface area contributed by atoms with Gasteiger partial charge in [-0.3, -0.25) is 9.78 Å². The van der Waals surface area contributed by atoms with Gasteiger partial charge in [-0.2, -0.15) is 0 Å². The molecule has 2 nitrogen and oxygen atoms in total. The third-order valence-corrected chi connectivity index (χ3v) is 2.28. The second-order valence-electron chi connectivity index (χ2n) is 3.26. The Kier molecular flexibility index (Phi) is 1.68. The van der Waals surface area contributed by atoms with Gasteiger partial charge in [0.2, 0.25) is 0 Å². The molecule has 0 atom stereocenters. The van der Waals surface area contributed by atoms with Crippen LogP contribution >= 0.6 is 0 Å². The number of nitrogens with zero attached hydrogens (tertiary/aromatic N) is 1. The fourth-order valence-electron chi connectivity index (χ4n) is 1.65. The summed E-state index contributed by atoms with van der Waals surface area (Å²) in [5, 5.41) is 0. The molecule has 0 radical (unpaired) electrons. The molecule has 0 unspecified atom stereocenters. The van der Waals surface area contributed by atoms with Crippen molar-refractivity contribution in [1.82, 2.24) is 4.98 Å². The van der Waals surface area contributed by atoms with E-state index in [4.69, 9.17) is 0 Å². The van der Waals surface area contributed by atoms with E-state index in [1.54, 1.807) is 6.20 Å². The van der Waals surface area contributed by atoms with Gasteiger partial charge in [0.05, 0.1) is 0 Å². The van der Waals surface area contributed by atoms with E-state index in [0.29, 0.717) is 6.42 Å². The summed E-state index contributed by atoms with van der Waals surface area (Å²) < 4.78 is 0. The maximum atomic E-state index is 11.4. The number of Topliss-reactive ketones (excluding diaryl/α,β-unsaturated/α-hetero) is 1. The number of carbonyl (C=O) groups excluding carboxylic acids is 1. The monoisotopic (exact) mass is 161 g/mol. The summed E-state index contributed by atoms with van der Waals surface area (Å²) in [6, 6.07) is 2.02. The molecule has 62 valence electrons. The minimum absolute atomic E-state index is 0.253. The molecule has 1 aliphatic rings. The lowest BCUT2D eigenvalue weighted by molar-refractivity contribution is 0.0972. The number of pyridine rings is 1. The lowest BCUT2D eigenvalue weighted by atomic mass is 9.92. The van der Waals surface area contributed by atoms with Gasteiger partial charge < -0.3 is 0 Å². The standard InChI is InChI=1S/C10H11NO/c1-7-5-8-3-2-4-10(12)9(8)6-11-7/h5-6H,2-4H2,1H3. The SMILES string of the molecule is Cc1cc2c(cn1)C(=O)CCC2. The first-order chi connectivity index (χ1) is 5.77.